The van der Waals surface area contributed by atoms with Crippen LogP contribution in [0.5, 0.6) is 0 Å². The van der Waals surface area contributed by atoms with Gasteiger partial charge in [0, 0.05) is 23.4 Å². The third kappa shape index (κ3) is 4.30. The second-order valence-corrected chi connectivity index (χ2v) is 8.72. The molecule has 4 rings (SSSR count). The van der Waals surface area contributed by atoms with Crippen LogP contribution < -0.4 is 10.6 Å². The second kappa shape index (κ2) is 8.86. The number of carbonyl (C=O) groups is 2. The van der Waals surface area contributed by atoms with Gasteiger partial charge >= 0.3 is 0 Å². The Hall–Kier alpha value is -3.24. The lowest BCUT2D eigenvalue weighted by atomic mass is 9.79. The van der Waals surface area contributed by atoms with Crippen molar-refractivity contribution in [3.8, 4) is 6.07 Å². The summed E-state index contributed by atoms with van der Waals surface area (Å²) in [4.78, 5) is 25.2. The smallest absolute Gasteiger partial charge is 0.234 e. The molecule has 158 valence electrons. The zero-order valence-corrected chi connectivity index (χ0v) is 18.3. The van der Waals surface area contributed by atoms with E-state index < -0.39 is 5.92 Å². The molecule has 2 aliphatic rings. The minimum atomic E-state index is -0.533. The predicted octanol–water partition coefficient (Wildman–Crippen LogP) is 4.70. The van der Waals surface area contributed by atoms with E-state index >= 15 is 0 Å². The van der Waals surface area contributed by atoms with Gasteiger partial charge in [0.05, 0.1) is 34.6 Å². The molecule has 6 nitrogen and oxygen atoms in total. The number of nitrogens with zero attached hydrogens (tertiary/aromatic N) is 1. The summed E-state index contributed by atoms with van der Waals surface area (Å²) in [6, 6.07) is 11.6. The van der Waals surface area contributed by atoms with E-state index in [0.29, 0.717) is 28.4 Å². The van der Waals surface area contributed by atoms with Gasteiger partial charge in [0.25, 0.3) is 0 Å². The van der Waals surface area contributed by atoms with Gasteiger partial charge in [0.1, 0.15) is 5.76 Å². The van der Waals surface area contributed by atoms with Gasteiger partial charge in [0.2, 0.25) is 5.91 Å². The fourth-order valence-corrected chi connectivity index (χ4v) is 4.79. The number of nitriles is 1. The Morgan fingerprint density at radius 2 is 2.13 bits per heavy atom. The van der Waals surface area contributed by atoms with Crippen molar-refractivity contribution in [1.82, 2.24) is 5.32 Å². The van der Waals surface area contributed by atoms with E-state index in [2.05, 4.69) is 16.7 Å². The largest absolute Gasteiger partial charge is 0.468 e. The second-order valence-electron chi connectivity index (χ2n) is 7.73. The summed E-state index contributed by atoms with van der Waals surface area (Å²) in [6.07, 6.45) is 3.51. The molecule has 1 atom stereocenters. The number of rotatable bonds is 5. The molecule has 1 aliphatic carbocycles. The van der Waals surface area contributed by atoms with Gasteiger partial charge in [-0.1, -0.05) is 17.8 Å². The number of allylic oxidation sites excluding steroid dienone is 3. The molecule has 2 N–H and O–H groups in total. The summed E-state index contributed by atoms with van der Waals surface area (Å²) < 4.78 is 5.59. The van der Waals surface area contributed by atoms with Crippen LogP contribution in [0.3, 0.4) is 0 Å². The number of amides is 1. The molecule has 0 saturated carbocycles. The molecule has 7 heteroatoms. The number of aryl methyl sites for hydroxylation is 2. The number of dihydropyridines is 1. The molecule has 2 aromatic rings. The highest BCUT2D eigenvalue weighted by molar-refractivity contribution is 8.03. The number of anilines is 1. The third-order valence-corrected chi connectivity index (χ3v) is 6.65. The van der Waals surface area contributed by atoms with Crippen LogP contribution in [0, 0.1) is 25.2 Å². The number of nitrogens with one attached hydrogen (secondary N) is 2. The number of Topliss-reactive ketones (excluding diaryl/α,β-unsaturated/α-hetero) is 1. The molecule has 0 fully saturated rings. The van der Waals surface area contributed by atoms with Crippen LogP contribution in [0.15, 0.2) is 62.9 Å². The summed E-state index contributed by atoms with van der Waals surface area (Å²) in [5.74, 6) is 0.0585. The van der Waals surface area contributed by atoms with Gasteiger partial charge in [-0.3, -0.25) is 9.59 Å². The molecule has 1 aromatic carbocycles. The number of carbonyl (C=O) groups excluding carboxylic acids is 2. The van der Waals surface area contributed by atoms with Gasteiger partial charge in [-0.2, -0.15) is 5.26 Å². The standard InChI is InChI=1S/C24H23N3O3S/c1-14-8-9-16(11-15(14)2)26-21(29)13-31-24-17(12-25)22(20-7-4-10-30-20)23-18(27-24)5-3-6-19(23)28/h4,7-11,22,27H,3,5-6,13H2,1-2H3,(H,26,29). The van der Waals surface area contributed by atoms with Crippen LogP contribution in [0.1, 0.15) is 42.1 Å². The first kappa shape index (κ1) is 21.0. The van der Waals surface area contributed by atoms with Crippen molar-refractivity contribution in [2.45, 2.75) is 39.0 Å². The van der Waals surface area contributed by atoms with Crippen molar-refractivity contribution in [2.24, 2.45) is 0 Å². The predicted molar refractivity (Wildman–Crippen MR) is 120 cm³/mol. The lowest BCUT2D eigenvalue weighted by Gasteiger charge is -2.32. The monoisotopic (exact) mass is 433 g/mol. The molecule has 0 spiro atoms. The first-order valence-electron chi connectivity index (χ1n) is 10.2. The summed E-state index contributed by atoms with van der Waals surface area (Å²) >= 11 is 1.27. The molecule has 0 bridgehead atoms. The van der Waals surface area contributed by atoms with Crippen molar-refractivity contribution in [3.63, 3.8) is 0 Å². The Bertz CT molecular complexity index is 1140. The van der Waals surface area contributed by atoms with Gasteiger partial charge in [-0.05, 0) is 62.1 Å². The van der Waals surface area contributed by atoms with E-state index in [-0.39, 0.29) is 17.4 Å². The van der Waals surface area contributed by atoms with Crippen molar-refractivity contribution in [1.29, 1.82) is 5.26 Å². The highest BCUT2D eigenvalue weighted by Crippen LogP contribution is 2.44. The third-order valence-electron chi connectivity index (χ3n) is 5.63. The van der Waals surface area contributed by atoms with E-state index in [4.69, 9.17) is 4.42 Å². The molecule has 0 radical (unpaired) electrons. The van der Waals surface area contributed by atoms with E-state index in [1.165, 1.54) is 11.8 Å². The fraction of sp³-hybridized carbons (Fsp3) is 0.292. The minimum absolute atomic E-state index is 0.0411. The number of hydrogen-bond acceptors (Lipinski definition) is 6. The van der Waals surface area contributed by atoms with Crippen molar-refractivity contribution in [3.05, 3.63) is 75.4 Å². The van der Waals surface area contributed by atoms with Crippen LogP contribution in [0.4, 0.5) is 5.69 Å². The number of ketones is 1. The molecular formula is C24H23N3O3S. The SMILES string of the molecule is Cc1ccc(NC(=O)CSC2=C(C#N)C(c3ccco3)C3=C(CCCC3=O)N2)cc1C. The Labute approximate surface area is 185 Å². The van der Waals surface area contributed by atoms with E-state index in [1.54, 1.807) is 18.4 Å². The summed E-state index contributed by atoms with van der Waals surface area (Å²) in [7, 11) is 0. The molecule has 1 aliphatic heterocycles. The fourth-order valence-electron chi connectivity index (χ4n) is 3.93. The summed E-state index contributed by atoms with van der Waals surface area (Å²) in [6.45, 7) is 4.02. The van der Waals surface area contributed by atoms with E-state index in [0.717, 1.165) is 35.4 Å². The number of benzene rings is 1. The first-order valence-corrected chi connectivity index (χ1v) is 11.2. The number of hydrogen-bond donors (Lipinski definition) is 2. The zero-order chi connectivity index (χ0) is 22.0. The van der Waals surface area contributed by atoms with Crippen LogP contribution in [-0.4, -0.2) is 17.4 Å². The van der Waals surface area contributed by atoms with Gasteiger partial charge in [0.15, 0.2) is 5.78 Å². The molecule has 1 aromatic heterocycles. The Kier molecular flexibility index (Phi) is 6.01. The maximum absolute atomic E-state index is 12.7. The zero-order valence-electron chi connectivity index (χ0n) is 17.5. The van der Waals surface area contributed by atoms with Crippen molar-refractivity contribution < 1.29 is 14.0 Å². The first-order chi connectivity index (χ1) is 15.0. The number of thioether (sulfide) groups is 1. The maximum atomic E-state index is 12.7. The Morgan fingerprint density at radius 3 is 2.84 bits per heavy atom. The molecule has 2 heterocycles. The summed E-state index contributed by atoms with van der Waals surface area (Å²) in [5, 5.41) is 16.7. The van der Waals surface area contributed by atoms with Crippen molar-refractivity contribution >= 4 is 29.1 Å². The maximum Gasteiger partial charge on any atom is 0.234 e. The van der Waals surface area contributed by atoms with E-state index in [1.807, 2.05) is 32.0 Å². The number of furan rings is 1. The minimum Gasteiger partial charge on any atom is -0.468 e. The van der Waals surface area contributed by atoms with Gasteiger partial charge in [-0.25, -0.2) is 0 Å². The average Bonchev–Trinajstić information content (AvgIpc) is 3.28. The molecule has 1 unspecified atom stereocenters. The summed E-state index contributed by atoms with van der Waals surface area (Å²) in [5.41, 5.74) is 4.87. The molecule has 31 heavy (non-hydrogen) atoms. The Balaban J connectivity index is 1.56. The van der Waals surface area contributed by atoms with Crippen LogP contribution >= 0.6 is 11.8 Å². The van der Waals surface area contributed by atoms with Crippen molar-refractivity contribution in [2.75, 3.05) is 11.1 Å². The molecule has 0 saturated heterocycles. The topological polar surface area (TPSA) is 95.1 Å². The Morgan fingerprint density at radius 1 is 1.29 bits per heavy atom. The molecule has 1 amide bonds. The normalized spacial score (nSPS) is 18.4. The van der Waals surface area contributed by atoms with Crippen LogP contribution in [0.25, 0.3) is 0 Å². The van der Waals surface area contributed by atoms with Gasteiger partial charge in [-0.15, -0.1) is 0 Å². The van der Waals surface area contributed by atoms with Gasteiger partial charge < -0.3 is 15.1 Å². The van der Waals surface area contributed by atoms with Crippen LogP contribution in [0.2, 0.25) is 0 Å². The quantitative estimate of drug-likeness (QED) is 0.710. The highest BCUT2D eigenvalue weighted by Gasteiger charge is 2.38. The molecular weight excluding hydrogens is 410 g/mol. The van der Waals surface area contributed by atoms with Crippen LogP contribution in [-0.2, 0) is 9.59 Å². The lowest BCUT2D eigenvalue weighted by Crippen LogP contribution is -2.31. The highest BCUT2D eigenvalue weighted by atomic mass is 32.2. The van der Waals surface area contributed by atoms with E-state index in [9.17, 15) is 14.9 Å². The average molecular weight is 434 g/mol. The lowest BCUT2D eigenvalue weighted by molar-refractivity contribution is -0.116.